The molecule has 0 spiro atoms. The van der Waals surface area contributed by atoms with Gasteiger partial charge in [-0.2, -0.15) is 5.26 Å². The SMILES string of the molecule is CN(C)/C=C(\C#N)c1cn(-c2cccc3c2ccn3C2(C)CC=C(C(N)=O)C=C2Cl)cn1. The minimum Gasteiger partial charge on any atom is -0.382 e. The van der Waals surface area contributed by atoms with Crippen molar-refractivity contribution in [2.75, 3.05) is 14.1 Å². The molecule has 1 aromatic carbocycles. The van der Waals surface area contributed by atoms with Gasteiger partial charge in [-0.15, -0.1) is 0 Å². The fourth-order valence-electron chi connectivity index (χ4n) is 3.95. The number of benzene rings is 1. The number of fused-ring (bicyclic) bond motifs is 1. The molecule has 2 N–H and O–H groups in total. The molecular formula is C24H23ClN6O. The number of carbonyl (C=O) groups excluding carboxylic acids is 1. The fraction of sp³-hybridized carbons (Fsp3) is 0.208. The minimum absolute atomic E-state index is 0.426. The molecule has 2 aromatic heterocycles. The van der Waals surface area contributed by atoms with Crippen LogP contribution in [0.15, 0.2) is 71.9 Å². The van der Waals surface area contributed by atoms with Gasteiger partial charge in [-0.05, 0) is 37.6 Å². The van der Waals surface area contributed by atoms with Gasteiger partial charge in [0.2, 0.25) is 5.91 Å². The maximum Gasteiger partial charge on any atom is 0.248 e. The molecule has 32 heavy (non-hydrogen) atoms. The molecule has 1 amide bonds. The Kier molecular flexibility index (Phi) is 5.41. The summed E-state index contributed by atoms with van der Waals surface area (Å²) in [5.74, 6) is -0.485. The predicted molar refractivity (Wildman–Crippen MR) is 126 cm³/mol. The number of nitriles is 1. The van der Waals surface area contributed by atoms with Gasteiger partial charge in [-0.25, -0.2) is 4.98 Å². The van der Waals surface area contributed by atoms with Crippen LogP contribution in [0.5, 0.6) is 0 Å². The van der Waals surface area contributed by atoms with Crippen LogP contribution in [0.1, 0.15) is 19.0 Å². The van der Waals surface area contributed by atoms with Crippen molar-refractivity contribution >= 4 is 34.0 Å². The third-order valence-corrected chi connectivity index (χ3v) is 6.20. The number of allylic oxidation sites excluding steroid dienone is 3. The average Bonchev–Trinajstić information content (AvgIpc) is 3.41. The number of nitrogens with two attached hydrogens (primary N) is 1. The Bertz CT molecular complexity index is 1350. The molecule has 1 atom stereocenters. The summed E-state index contributed by atoms with van der Waals surface area (Å²) in [5, 5.41) is 11.1. The van der Waals surface area contributed by atoms with Crippen molar-refractivity contribution in [1.29, 1.82) is 5.26 Å². The molecule has 0 fully saturated rings. The molecule has 0 bridgehead atoms. The van der Waals surface area contributed by atoms with Gasteiger partial charge in [0.1, 0.15) is 11.8 Å². The van der Waals surface area contributed by atoms with Crippen LogP contribution in [-0.4, -0.2) is 39.0 Å². The van der Waals surface area contributed by atoms with Crippen LogP contribution in [0.2, 0.25) is 0 Å². The standard InChI is InChI=1S/C24H23ClN6O/c1-24(9-7-16(23(27)32)11-22(24)25)31-10-8-18-20(5-4-6-21(18)31)30-14-19(28-15-30)17(12-26)13-29(2)3/h4-8,10-11,13-15H,9H2,1-3H3,(H2,27,32)/b17-13+. The molecule has 8 heteroatoms. The van der Waals surface area contributed by atoms with Gasteiger partial charge >= 0.3 is 0 Å². The number of hydrogen-bond acceptors (Lipinski definition) is 4. The van der Waals surface area contributed by atoms with Crippen molar-refractivity contribution in [3.63, 3.8) is 0 Å². The summed E-state index contributed by atoms with van der Waals surface area (Å²) in [4.78, 5) is 17.8. The second-order valence-corrected chi connectivity index (χ2v) is 8.58. The van der Waals surface area contributed by atoms with Crippen LogP contribution >= 0.6 is 11.6 Å². The summed E-state index contributed by atoms with van der Waals surface area (Å²) >= 11 is 6.64. The van der Waals surface area contributed by atoms with E-state index in [9.17, 15) is 10.1 Å². The molecule has 162 valence electrons. The van der Waals surface area contributed by atoms with E-state index < -0.39 is 11.4 Å². The van der Waals surface area contributed by atoms with E-state index in [-0.39, 0.29) is 0 Å². The van der Waals surface area contributed by atoms with Crippen molar-refractivity contribution in [1.82, 2.24) is 19.0 Å². The number of rotatable bonds is 5. The van der Waals surface area contributed by atoms with E-state index in [1.54, 1.807) is 18.6 Å². The van der Waals surface area contributed by atoms with Gasteiger partial charge in [0.05, 0.1) is 28.6 Å². The summed E-state index contributed by atoms with van der Waals surface area (Å²) in [6.45, 7) is 2.03. The number of imidazole rings is 1. The summed E-state index contributed by atoms with van der Waals surface area (Å²) in [7, 11) is 3.73. The van der Waals surface area contributed by atoms with E-state index in [1.165, 1.54) is 0 Å². The van der Waals surface area contributed by atoms with Crippen LogP contribution in [0.25, 0.3) is 22.2 Å². The van der Waals surface area contributed by atoms with Crippen molar-refractivity contribution in [2.24, 2.45) is 5.73 Å². The Balaban J connectivity index is 1.77. The number of hydrogen-bond donors (Lipinski definition) is 1. The molecule has 1 aliphatic carbocycles. The van der Waals surface area contributed by atoms with Gasteiger partial charge in [-0.1, -0.05) is 23.7 Å². The molecular weight excluding hydrogens is 424 g/mol. The summed E-state index contributed by atoms with van der Waals surface area (Å²) in [6, 6.07) is 10.3. The molecule has 0 saturated heterocycles. The maximum absolute atomic E-state index is 11.6. The average molecular weight is 447 g/mol. The molecule has 3 aromatic rings. The number of aromatic nitrogens is 3. The zero-order chi connectivity index (χ0) is 23.0. The first-order valence-electron chi connectivity index (χ1n) is 10.1. The Morgan fingerprint density at radius 2 is 2.16 bits per heavy atom. The van der Waals surface area contributed by atoms with Crippen LogP contribution in [0.3, 0.4) is 0 Å². The number of primary amides is 1. The predicted octanol–water partition coefficient (Wildman–Crippen LogP) is 3.91. The van der Waals surface area contributed by atoms with E-state index in [0.29, 0.717) is 28.3 Å². The van der Waals surface area contributed by atoms with E-state index in [0.717, 1.165) is 16.6 Å². The fourth-order valence-corrected chi connectivity index (χ4v) is 4.24. The van der Waals surface area contributed by atoms with Gasteiger partial charge in [0.15, 0.2) is 0 Å². The van der Waals surface area contributed by atoms with Crippen molar-refractivity contribution in [2.45, 2.75) is 18.9 Å². The maximum atomic E-state index is 11.6. The van der Waals surface area contributed by atoms with E-state index >= 15 is 0 Å². The third kappa shape index (κ3) is 3.59. The summed E-state index contributed by atoms with van der Waals surface area (Å²) in [5.41, 5.74) is 8.33. The Morgan fingerprint density at radius 3 is 2.81 bits per heavy atom. The largest absolute Gasteiger partial charge is 0.382 e. The summed E-state index contributed by atoms with van der Waals surface area (Å²) in [6.07, 6.45) is 11.3. The quantitative estimate of drug-likeness (QED) is 0.601. The molecule has 7 nitrogen and oxygen atoms in total. The van der Waals surface area contributed by atoms with Crippen molar-refractivity contribution in [3.05, 3.63) is 77.6 Å². The lowest BCUT2D eigenvalue weighted by molar-refractivity contribution is -0.114. The molecule has 1 unspecified atom stereocenters. The lowest BCUT2D eigenvalue weighted by Crippen LogP contribution is -2.32. The summed E-state index contributed by atoms with van der Waals surface area (Å²) < 4.78 is 4.03. The number of halogens is 1. The van der Waals surface area contributed by atoms with E-state index in [1.807, 2.05) is 73.2 Å². The Hall–Kier alpha value is -3.76. The van der Waals surface area contributed by atoms with Crippen LogP contribution in [0.4, 0.5) is 0 Å². The van der Waals surface area contributed by atoms with Gasteiger partial charge in [0, 0.05) is 48.7 Å². The van der Waals surface area contributed by atoms with Gasteiger partial charge < -0.3 is 19.8 Å². The second kappa shape index (κ2) is 8.06. The van der Waals surface area contributed by atoms with E-state index in [2.05, 4.69) is 15.6 Å². The highest BCUT2D eigenvalue weighted by molar-refractivity contribution is 6.31. The molecule has 0 radical (unpaired) electrons. The third-order valence-electron chi connectivity index (χ3n) is 5.69. The molecule has 1 aliphatic rings. The highest BCUT2D eigenvalue weighted by atomic mass is 35.5. The highest BCUT2D eigenvalue weighted by Crippen LogP contribution is 2.40. The van der Waals surface area contributed by atoms with Gasteiger partial charge in [-0.3, -0.25) is 4.79 Å². The van der Waals surface area contributed by atoms with Crippen LogP contribution < -0.4 is 5.73 Å². The topological polar surface area (TPSA) is 92.9 Å². The second-order valence-electron chi connectivity index (χ2n) is 8.17. The molecule has 0 saturated carbocycles. The first kappa shape index (κ1) is 21.5. The normalized spacial score (nSPS) is 18.8. The zero-order valence-electron chi connectivity index (χ0n) is 18.1. The Labute approximate surface area is 191 Å². The first-order valence-corrected chi connectivity index (χ1v) is 10.4. The molecule has 2 heterocycles. The van der Waals surface area contributed by atoms with Crippen molar-refractivity contribution in [3.8, 4) is 11.8 Å². The van der Waals surface area contributed by atoms with Crippen molar-refractivity contribution < 1.29 is 4.79 Å². The smallest absolute Gasteiger partial charge is 0.248 e. The lowest BCUT2D eigenvalue weighted by Gasteiger charge is -2.34. The number of nitrogens with zero attached hydrogens (tertiary/aromatic N) is 5. The molecule has 4 rings (SSSR count). The molecule has 0 aliphatic heterocycles. The monoisotopic (exact) mass is 446 g/mol. The Morgan fingerprint density at radius 1 is 1.38 bits per heavy atom. The first-order chi connectivity index (χ1) is 15.2. The minimum atomic E-state index is -0.538. The van der Waals surface area contributed by atoms with Crippen LogP contribution in [0, 0.1) is 11.3 Å². The van der Waals surface area contributed by atoms with Crippen LogP contribution in [-0.2, 0) is 10.3 Å². The lowest BCUT2D eigenvalue weighted by atomic mass is 9.89. The number of carbonyl (C=O) groups is 1. The van der Waals surface area contributed by atoms with E-state index in [4.69, 9.17) is 17.3 Å². The number of amides is 1. The van der Waals surface area contributed by atoms with Gasteiger partial charge in [0.25, 0.3) is 0 Å². The zero-order valence-corrected chi connectivity index (χ0v) is 18.8. The highest BCUT2D eigenvalue weighted by Gasteiger charge is 2.33.